The summed E-state index contributed by atoms with van der Waals surface area (Å²) in [6.45, 7) is 5.96. The van der Waals surface area contributed by atoms with Crippen molar-refractivity contribution >= 4 is 29.9 Å². The van der Waals surface area contributed by atoms with Gasteiger partial charge in [0.1, 0.15) is 17.7 Å². The predicted molar refractivity (Wildman–Crippen MR) is 142 cm³/mol. The van der Waals surface area contributed by atoms with Crippen molar-refractivity contribution in [3.05, 3.63) is 53.3 Å². The Kier molecular flexibility index (Phi) is 11.9. The zero-order valence-electron chi connectivity index (χ0n) is 21.2. The third-order valence-electron chi connectivity index (χ3n) is 5.86. The Morgan fingerprint density at radius 1 is 1.27 bits per heavy atom. The summed E-state index contributed by atoms with van der Waals surface area (Å²) in [5.74, 6) is -1.05. The van der Waals surface area contributed by atoms with Crippen LogP contribution in [0.3, 0.4) is 0 Å². The van der Waals surface area contributed by atoms with Crippen molar-refractivity contribution < 1.29 is 28.5 Å². The largest absolute Gasteiger partial charge is 0.494 e. The number of anilines is 1. The molecule has 0 saturated carbocycles. The molecule has 0 aromatic heterocycles. The average Bonchev–Trinajstić information content (AvgIpc) is 2.85. The van der Waals surface area contributed by atoms with Crippen molar-refractivity contribution in [3.63, 3.8) is 0 Å². The van der Waals surface area contributed by atoms with Crippen LogP contribution in [-0.4, -0.2) is 67.4 Å². The first kappa shape index (κ1) is 30.1. The molecule has 2 aromatic carbocycles. The lowest BCUT2D eigenvalue weighted by atomic mass is 10.0. The monoisotopic (exact) mass is 538 g/mol. The van der Waals surface area contributed by atoms with Crippen molar-refractivity contribution in [2.24, 2.45) is 5.73 Å². The maximum absolute atomic E-state index is 15.9. The number of carbonyl (C=O) groups excluding carboxylic acids is 1. The van der Waals surface area contributed by atoms with E-state index in [4.69, 9.17) is 25.4 Å². The van der Waals surface area contributed by atoms with Crippen LogP contribution < -0.4 is 20.5 Å². The lowest BCUT2D eigenvalue weighted by Crippen LogP contribution is -2.42. The standard InChI is InChI=1S/C26H35FN4O5.ClH/c1-3-34-20-14-21(23(27)22(15-20)36-19-6-5-11-31(16-19)12-13-32)24(26(33)35-4-2)30-18-9-7-17(8-10-18)25(28)29;/h7-10,14-15,19,24,30,32H,3-6,11-13,16H2,1-2H3,(H3,28,29);1H. The van der Waals surface area contributed by atoms with E-state index < -0.39 is 17.8 Å². The lowest BCUT2D eigenvalue weighted by Gasteiger charge is -2.32. The number of benzene rings is 2. The van der Waals surface area contributed by atoms with E-state index in [0.717, 1.165) is 19.4 Å². The van der Waals surface area contributed by atoms with Crippen LogP contribution in [0.5, 0.6) is 11.5 Å². The summed E-state index contributed by atoms with van der Waals surface area (Å²) >= 11 is 0. The number of ether oxygens (including phenoxy) is 3. The van der Waals surface area contributed by atoms with Crippen molar-refractivity contribution in [2.45, 2.75) is 38.8 Å². The van der Waals surface area contributed by atoms with Crippen LogP contribution in [-0.2, 0) is 9.53 Å². The second-order valence-electron chi connectivity index (χ2n) is 8.48. The van der Waals surface area contributed by atoms with E-state index in [-0.39, 0.29) is 48.9 Å². The number of nitrogens with two attached hydrogens (primary N) is 1. The van der Waals surface area contributed by atoms with Gasteiger partial charge in [-0.2, -0.15) is 0 Å². The number of carbonyl (C=O) groups is 1. The fraction of sp³-hybridized carbons (Fsp3) is 0.462. The zero-order chi connectivity index (χ0) is 26.1. The number of likely N-dealkylation sites (tertiary alicyclic amines) is 1. The Labute approximate surface area is 223 Å². The highest BCUT2D eigenvalue weighted by Gasteiger charge is 2.30. The maximum Gasteiger partial charge on any atom is 0.333 e. The predicted octanol–water partition coefficient (Wildman–Crippen LogP) is 3.48. The molecule has 1 aliphatic rings. The van der Waals surface area contributed by atoms with Gasteiger partial charge in [-0.3, -0.25) is 10.3 Å². The fourth-order valence-electron chi connectivity index (χ4n) is 4.17. The number of aliphatic hydroxyl groups is 1. The number of hydrogen-bond acceptors (Lipinski definition) is 8. The van der Waals surface area contributed by atoms with Gasteiger partial charge in [-0.25, -0.2) is 9.18 Å². The Balaban J connectivity index is 0.00000481. The van der Waals surface area contributed by atoms with E-state index in [2.05, 4.69) is 10.2 Å². The molecule has 0 spiro atoms. The number of amidine groups is 1. The van der Waals surface area contributed by atoms with E-state index in [1.165, 1.54) is 12.1 Å². The molecule has 1 heterocycles. The molecule has 0 radical (unpaired) electrons. The summed E-state index contributed by atoms with van der Waals surface area (Å²) < 4.78 is 32.9. The van der Waals surface area contributed by atoms with E-state index in [1.54, 1.807) is 31.2 Å². The number of β-amino-alcohol motifs (C(OH)–C–C–N with tert-alkyl or cyclic N) is 1. The van der Waals surface area contributed by atoms with E-state index >= 15 is 4.39 Å². The van der Waals surface area contributed by atoms with Crippen molar-refractivity contribution in [3.8, 4) is 11.5 Å². The molecule has 3 rings (SSSR count). The molecule has 1 fully saturated rings. The summed E-state index contributed by atoms with van der Waals surface area (Å²) in [6, 6.07) is 8.38. The summed E-state index contributed by atoms with van der Waals surface area (Å²) in [4.78, 5) is 15.0. The number of piperidine rings is 1. The number of halogens is 2. The Bertz CT molecular complexity index is 1040. The highest BCUT2D eigenvalue weighted by atomic mass is 35.5. The van der Waals surface area contributed by atoms with Gasteiger partial charge >= 0.3 is 5.97 Å². The SMILES string of the molecule is CCOC(=O)C(Nc1ccc(C(=N)N)cc1)c1cc(OCC)cc(OC2CCCN(CCO)C2)c1F.Cl. The molecule has 37 heavy (non-hydrogen) atoms. The van der Waals surface area contributed by atoms with Gasteiger partial charge in [-0.1, -0.05) is 0 Å². The summed E-state index contributed by atoms with van der Waals surface area (Å²) in [5, 5.41) is 19.9. The molecule has 1 aliphatic heterocycles. The molecule has 1 saturated heterocycles. The van der Waals surface area contributed by atoms with Gasteiger partial charge < -0.3 is 30.4 Å². The van der Waals surface area contributed by atoms with Crippen LogP contribution in [0.2, 0.25) is 0 Å². The summed E-state index contributed by atoms with van der Waals surface area (Å²) in [5.41, 5.74) is 6.61. The molecule has 9 nitrogen and oxygen atoms in total. The van der Waals surface area contributed by atoms with Gasteiger partial charge in [-0.15, -0.1) is 12.4 Å². The number of nitrogens with one attached hydrogen (secondary N) is 2. The van der Waals surface area contributed by atoms with E-state index in [1.807, 2.05) is 6.92 Å². The van der Waals surface area contributed by atoms with E-state index in [0.29, 0.717) is 36.7 Å². The lowest BCUT2D eigenvalue weighted by molar-refractivity contribution is -0.144. The number of nitrogen functional groups attached to an aromatic ring is 1. The quantitative estimate of drug-likeness (QED) is 0.183. The van der Waals surface area contributed by atoms with Gasteiger partial charge in [0.2, 0.25) is 0 Å². The first-order chi connectivity index (χ1) is 17.4. The molecular weight excluding hydrogens is 503 g/mol. The van der Waals surface area contributed by atoms with Gasteiger partial charge in [-0.05, 0) is 63.6 Å². The number of aliphatic hydroxyl groups excluding tert-OH is 1. The minimum absolute atomic E-state index is 0. The smallest absolute Gasteiger partial charge is 0.333 e. The van der Waals surface area contributed by atoms with Gasteiger partial charge in [0, 0.05) is 36.0 Å². The minimum atomic E-state index is -1.17. The third kappa shape index (κ3) is 8.21. The van der Waals surface area contributed by atoms with Gasteiger partial charge in [0.05, 0.1) is 19.8 Å². The van der Waals surface area contributed by atoms with Crippen molar-refractivity contribution in [1.29, 1.82) is 5.41 Å². The van der Waals surface area contributed by atoms with Crippen LogP contribution in [0.1, 0.15) is 43.9 Å². The van der Waals surface area contributed by atoms with Crippen LogP contribution in [0.4, 0.5) is 10.1 Å². The van der Waals surface area contributed by atoms with Crippen LogP contribution in [0, 0.1) is 11.2 Å². The fourth-order valence-corrected chi connectivity index (χ4v) is 4.17. The maximum atomic E-state index is 15.9. The molecule has 0 amide bonds. The van der Waals surface area contributed by atoms with Crippen LogP contribution in [0.15, 0.2) is 36.4 Å². The number of hydrogen-bond donors (Lipinski definition) is 4. The van der Waals surface area contributed by atoms with Gasteiger partial charge in [0.15, 0.2) is 17.6 Å². The number of rotatable bonds is 12. The first-order valence-electron chi connectivity index (χ1n) is 12.2. The minimum Gasteiger partial charge on any atom is -0.494 e. The number of nitrogens with zero attached hydrogens (tertiary/aromatic N) is 1. The van der Waals surface area contributed by atoms with Crippen molar-refractivity contribution in [1.82, 2.24) is 4.90 Å². The zero-order valence-corrected chi connectivity index (χ0v) is 22.0. The second kappa shape index (κ2) is 14.6. The Morgan fingerprint density at radius 2 is 2.00 bits per heavy atom. The molecule has 11 heteroatoms. The number of esters is 1. The average molecular weight is 539 g/mol. The molecular formula is C26H36ClFN4O5. The molecule has 5 N–H and O–H groups in total. The normalized spacial score (nSPS) is 16.3. The molecule has 2 aromatic rings. The molecule has 204 valence electrons. The summed E-state index contributed by atoms with van der Waals surface area (Å²) in [6.07, 6.45) is 1.35. The first-order valence-corrected chi connectivity index (χ1v) is 12.2. The molecule has 2 unspecified atom stereocenters. The second-order valence-corrected chi connectivity index (χ2v) is 8.48. The van der Waals surface area contributed by atoms with E-state index in [9.17, 15) is 9.90 Å². The topological polar surface area (TPSA) is 130 Å². The molecule has 0 bridgehead atoms. The molecule has 0 aliphatic carbocycles. The van der Waals surface area contributed by atoms with Crippen molar-refractivity contribution in [2.75, 3.05) is 44.8 Å². The Hall–Kier alpha value is -3.08. The third-order valence-corrected chi connectivity index (χ3v) is 5.86. The summed E-state index contributed by atoms with van der Waals surface area (Å²) in [7, 11) is 0. The van der Waals surface area contributed by atoms with Crippen LogP contribution in [0.25, 0.3) is 0 Å². The van der Waals surface area contributed by atoms with Gasteiger partial charge in [0.25, 0.3) is 0 Å². The van der Waals surface area contributed by atoms with Crippen LogP contribution >= 0.6 is 12.4 Å². The Morgan fingerprint density at radius 3 is 2.62 bits per heavy atom. The highest BCUT2D eigenvalue weighted by Crippen LogP contribution is 2.35. The molecule has 2 atom stereocenters. The highest BCUT2D eigenvalue weighted by molar-refractivity contribution is 5.95.